The van der Waals surface area contributed by atoms with Crippen LogP contribution in [-0.2, 0) is 17.8 Å². The summed E-state index contributed by atoms with van der Waals surface area (Å²) in [5.74, 6) is 0.434. The van der Waals surface area contributed by atoms with Crippen LogP contribution in [0.3, 0.4) is 0 Å². The van der Waals surface area contributed by atoms with E-state index in [-0.39, 0.29) is 11.1 Å². The van der Waals surface area contributed by atoms with Gasteiger partial charge < -0.3 is 4.74 Å². The molecule has 0 radical (unpaired) electrons. The fraction of sp³-hybridized carbons (Fsp3) is 0.120. The smallest absolute Gasteiger partial charge is 0.293 e. The topological polar surface area (TPSA) is 46.6 Å². The van der Waals surface area contributed by atoms with Crippen LogP contribution in [0.15, 0.2) is 82.2 Å². The lowest BCUT2D eigenvalue weighted by atomic mass is 10.1. The number of halogens is 2. The van der Waals surface area contributed by atoms with Gasteiger partial charge in [0.25, 0.3) is 11.1 Å². The molecule has 1 aliphatic heterocycles. The number of thioether (sulfide) groups is 1. The first-order chi connectivity index (χ1) is 15.5. The number of imide groups is 1. The second-order valence-corrected chi connectivity index (χ2v) is 9.46. The number of ether oxygens (including phenoxy) is 1. The molecule has 3 aromatic carbocycles. The molecule has 0 aliphatic carbocycles. The van der Waals surface area contributed by atoms with E-state index < -0.39 is 0 Å². The van der Waals surface area contributed by atoms with E-state index in [2.05, 4.69) is 15.9 Å². The molecule has 1 heterocycles. The molecule has 0 aromatic heterocycles. The highest BCUT2D eigenvalue weighted by atomic mass is 79.9. The van der Waals surface area contributed by atoms with Gasteiger partial charge in [-0.2, -0.15) is 0 Å². The molecule has 4 rings (SSSR count). The Morgan fingerprint density at radius 2 is 1.72 bits per heavy atom. The highest BCUT2D eigenvalue weighted by Gasteiger charge is 2.34. The van der Waals surface area contributed by atoms with Gasteiger partial charge in [0.2, 0.25) is 0 Å². The van der Waals surface area contributed by atoms with Crippen molar-refractivity contribution in [3.63, 3.8) is 0 Å². The minimum Gasteiger partial charge on any atom is -0.488 e. The Balaban J connectivity index is 1.40. The van der Waals surface area contributed by atoms with Crippen LogP contribution in [0.2, 0.25) is 5.02 Å². The number of carbonyl (C=O) groups is 2. The van der Waals surface area contributed by atoms with Crippen LogP contribution in [-0.4, -0.2) is 22.6 Å². The molecular weight excluding hydrogens is 510 g/mol. The normalized spacial score (nSPS) is 14.9. The Labute approximate surface area is 204 Å². The lowest BCUT2D eigenvalue weighted by Crippen LogP contribution is -2.30. The lowest BCUT2D eigenvalue weighted by Gasteiger charge is -2.12. The fourth-order valence-electron chi connectivity index (χ4n) is 3.20. The molecule has 32 heavy (non-hydrogen) atoms. The third kappa shape index (κ3) is 5.63. The maximum Gasteiger partial charge on any atom is 0.293 e. The second-order valence-electron chi connectivity index (χ2n) is 7.17. The Morgan fingerprint density at radius 1 is 0.969 bits per heavy atom. The predicted octanol–water partition coefficient (Wildman–Crippen LogP) is 6.96. The predicted molar refractivity (Wildman–Crippen MR) is 133 cm³/mol. The monoisotopic (exact) mass is 527 g/mol. The van der Waals surface area contributed by atoms with E-state index in [9.17, 15) is 9.59 Å². The summed E-state index contributed by atoms with van der Waals surface area (Å²) in [6.45, 7) is 0.780. The van der Waals surface area contributed by atoms with Crippen molar-refractivity contribution in [2.45, 2.75) is 13.0 Å². The SMILES string of the molecule is O=C1S/C(=C/c2ccc(OCc3ccc(Cl)cc3)c(Br)c2)C(=O)N1CCc1ccccc1. The Hall–Kier alpha value is -2.54. The van der Waals surface area contributed by atoms with Crippen molar-refractivity contribution in [3.8, 4) is 5.75 Å². The molecule has 0 atom stereocenters. The minimum atomic E-state index is -0.255. The summed E-state index contributed by atoms with van der Waals surface area (Å²) in [4.78, 5) is 26.8. The molecule has 0 saturated carbocycles. The van der Waals surface area contributed by atoms with E-state index in [4.69, 9.17) is 16.3 Å². The van der Waals surface area contributed by atoms with Gasteiger partial charge in [0.1, 0.15) is 12.4 Å². The van der Waals surface area contributed by atoms with Crippen molar-refractivity contribution in [2.75, 3.05) is 6.54 Å². The number of benzene rings is 3. The van der Waals surface area contributed by atoms with Crippen molar-refractivity contribution in [1.82, 2.24) is 4.90 Å². The number of nitrogens with zero attached hydrogens (tertiary/aromatic N) is 1. The molecule has 2 amide bonds. The third-order valence-corrected chi connectivity index (χ3v) is 6.68. The fourth-order valence-corrected chi connectivity index (χ4v) is 4.70. The number of amides is 2. The summed E-state index contributed by atoms with van der Waals surface area (Å²) in [6, 6.07) is 22.9. The Kier molecular flexibility index (Phi) is 7.35. The summed E-state index contributed by atoms with van der Waals surface area (Å²) in [7, 11) is 0. The Bertz CT molecular complexity index is 1170. The maximum atomic E-state index is 12.7. The molecule has 0 bridgehead atoms. The largest absolute Gasteiger partial charge is 0.488 e. The van der Waals surface area contributed by atoms with Crippen molar-refractivity contribution in [1.29, 1.82) is 0 Å². The lowest BCUT2D eigenvalue weighted by molar-refractivity contribution is -0.122. The standard InChI is InChI=1S/C25H19BrClNO3S/c26-21-14-19(8-11-22(21)31-16-18-6-9-20(27)10-7-18)15-23-24(29)28(25(30)32-23)13-12-17-4-2-1-3-5-17/h1-11,14-15H,12-13,16H2/b23-15+. The molecule has 1 saturated heterocycles. The average Bonchev–Trinajstić information content (AvgIpc) is 3.06. The zero-order valence-corrected chi connectivity index (χ0v) is 20.1. The van der Waals surface area contributed by atoms with Crippen LogP contribution in [0.25, 0.3) is 6.08 Å². The Morgan fingerprint density at radius 3 is 2.44 bits per heavy atom. The highest BCUT2D eigenvalue weighted by molar-refractivity contribution is 9.10. The number of rotatable bonds is 7. The summed E-state index contributed by atoms with van der Waals surface area (Å²) in [5, 5.41) is 0.447. The molecule has 1 fully saturated rings. The number of carbonyl (C=O) groups excluding carboxylic acids is 2. The molecule has 4 nitrogen and oxygen atoms in total. The van der Waals surface area contributed by atoms with E-state index in [1.165, 1.54) is 4.90 Å². The van der Waals surface area contributed by atoms with Gasteiger partial charge in [-0.1, -0.05) is 60.1 Å². The number of hydrogen-bond acceptors (Lipinski definition) is 4. The summed E-state index contributed by atoms with van der Waals surface area (Å²) >= 11 is 10.4. The van der Waals surface area contributed by atoms with Gasteiger partial charge in [-0.15, -0.1) is 0 Å². The van der Waals surface area contributed by atoms with Crippen LogP contribution >= 0.6 is 39.3 Å². The average molecular weight is 529 g/mol. The molecule has 0 spiro atoms. The van der Waals surface area contributed by atoms with E-state index in [1.54, 1.807) is 6.08 Å². The van der Waals surface area contributed by atoms with Crippen LogP contribution in [0.5, 0.6) is 5.75 Å². The first kappa shape index (κ1) is 22.6. The molecule has 0 unspecified atom stereocenters. The van der Waals surface area contributed by atoms with E-state index in [0.717, 1.165) is 32.9 Å². The van der Waals surface area contributed by atoms with Gasteiger partial charge in [-0.25, -0.2) is 0 Å². The zero-order valence-electron chi connectivity index (χ0n) is 17.0. The molecule has 1 aliphatic rings. The van der Waals surface area contributed by atoms with Gasteiger partial charge in [0.05, 0.1) is 9.38 Å². The van der Waals surface area contributed by atoms with Crippen molar-refractivity contribution in [2.24, 2.45) is 0 Å². The van der Waals surface area contributed by atoms with Gasteiger partial charge >= 0.3 is 0 Å². The van der Waals surface area contributed by atoms with Gasteiger partial charge in [0, 0.05) is 11.6 Å². The second kappa shape index (κ2) is 10.4. The van der Waals surface area contributed by atoms with Crippen molar-refractivity contribution >= 4 is 56.5 Å². The van der Waals surface area contributed by atoms with Crippen molar-refractivity contribution in [3.05, 3.63) is 104 Å². The van der Waals surface area contributed by atoms with Gasteiger partial charge in [-0.3, -0.25) is 14.5 Å². The first-order valence-corrected chi connectivity index (χ1v) is 11.9. The summed E-state index contributed by atoms with van der Waals surface area (Å²) in [6.07, 6.45) is 2.37. The highest BCUT2D eigenvalue weighted by Crippen LogP contribution is 2.34. The van der Waals surface area contributed by atoms with E-state index in [1.807, 2.05) is 72.8 Å². The molecule has 3 aromatic rings. The maximum absolute atomic E-state index is 12.7. The van der Waals surface area contributed by atoms with Crippen LogP contribution in [0, 0.1) is 0 Å². The van der Waals surface area contributed by atoms with Gasteiger partial charge in [0.15, 0.2) is 0 Å². The van der Waals surface area contributed by atoms with Crippen LogP contribution in [0.4, 0.5) is 4.79 Å². The summed E-state index contributed by atoms with van der Waals surface area (Å²) < 4.78 is 6.64. The van der Waals surface area contributed by atoms with Crippen LogP contribution < -0.4 is 4.74 Å². The van der Waals surface area contributed by atoms with Crippen molar-refractivity contribution < 1.29 is 14.3 Å². The molecule has 162 valence electrons. The zero-order chi connectivity index (χ0) is 22.5. The molecular formula is C25H19BrClNO3S. The summed E-state index contributed by atoms with van der Waals surface area (Å²) in [5.41, 5.74) is 2.91. The third-order valence-electron chi connectivity index (χ3n) is 4.90. The molecule has 7 heteroatoms. The quantitative estimate of drug-likeness (QED) is 0.311. The van der Waals surface area contributed by atoms with Gasteiger partial charge in [-0.05, 0) is 81.1 Å². The minimum absolute atomic E-state index is 0.237. The van der Waals surface area contributed by atoms with Crippen LogP contribution in [0.1, 0.15) is 16.7 Å². The number of hydrogen-bond donors (Lipinski definition) is 0. The van der Waals surface area contributed by atoms with E-state index in [0.29, 0.717) is 35.2 Å². The molecule has 0 N–H and O–H groups in total. The first-order valence-electron chi connectivity index (χ1n) is 9.96. The van der Waals surface area contributed by atoms with E-state index >= 15 is 0 Å².